The van der Waals surface area contributed by atoms with Crippen LogP contribution in [0.25, 0.3) is 0 Å². The number of nitrogens with one attached hydrogen (secondary N) is 2. The molecule has 22 heavy (non-hydrogen) atoms. The quantitative estimate of drug-likeness (QED) is 0.648. The summed E-state index contributed by atoms with van der Waals surface area (Å²) in [5, 5.41) is 14.0. The molecule has 2 N–H and O–H groups in total. The molecule has 0 bridgehead atoms. The first-order valence-electron chi connectivity index (χ1n) is 6.56. The molecule has 0 aromatic heterocycles. The Bertz CT molecular complexity index is 601. The van der Waals surface area contributed by atoms with Gasteiger partial charge >= 0.3 is 6.18 Å². The third-order valence-electron chi connectivity index (χ3n) is 2.59. The van der Waals surface area contributed by atoms with Crippen molar-refractivity contribution in [2.45, 2.75) is 20.0 Å². The Kier molecular flexibility index (Phi) is 5.99. The predicted octanol–water partition coefficient (Wildman–Crippen LogP) is 3.30. The highest BCUT2D eigenvalue weighted by atomic mass is 19.4. The first-order chi connectivity index (χ1) is 10.2. The van der Waals surface area contributed by atoms with Crippen molar-refractivity contribution in [3.8, 4) is 6.07 Å². The van der Waals surface area contributed by atoms with E-state index in [9.17, 15) is 18.0 Å². The smallest absolute Gasteiger partial charge is 0.389 e. The summed E-state index contributed by atoms with van der Waals surface area (Å²) >= 11 is 0. The van der Waals surface area contributed by atoms with Crippen LogP contribution in [0, 0.1) is 17.2 Å². The number of nitriles is 1. The fraction of sp³-hybridized carbons (Fsp3) is 0.333. The fourth-order valence-corrected chi connectivity index (χ4v) is 1.52. The van der Waals surface area contributed by atoms with Crippen LogP contribution in [-0.2, 0) is 11.0 Å². The molecule has 0 saturated heterocycles. The zero-order valence-corrected chi connectivity index (χ0v) is 12.2. The third-order valence-corrected chi connectivity index (χ3v) is 2.59. The van der Waals surface area contributed by atoms with Gasteiger partial charge < -0.3 is 10.6 Å². The lowest BCUT2D eigenvalue weighted by Gasteiger charge is -2.10. The van der Waals surface area contributed by atoms with Gasteiger partial charge in [-0.15, -0.1) is 0 Å². The maximum Gasteiger partial charge on any atom is 0.416 e. The molecule has 4 nitrogen and oxygen atoms in total. The molecule has 7 heteroatoms. The number of halogens is 3. The van der Waals surface area contributed by atoms with Crippen molar-refractivity contribution >= 4 is 11.6 Å². The highest BCUT2D eigenvalue weighted by Crippen LogP contribution is 2.30. The van der Waals surface area contributed by atoms with E-state index in [1.807, 2.05) is 13.8 Å². The van der Waals surface area contributed by atoms with Crippen LogP contribution < -0.4 is 10.6 Å². The average molecular weight is 311 g/mol. The minimum atomic E-state index is -4.49. The Morgan fingerprint density at radius 2 is 2.09 bits per heavy atom. The van der Waals surface area contributed by atoms with Crippen LogP contribution in [-0.4, -0.2) is 12.5 Å². The van der Waals surface area contributed by atoms with Crippen LogP contribution in [0.4, 0.5) is 18.9 Å². The van der Waals surface area contributed by atoms with E-state index in [0.29, 0.717) is 12.5 Å². The Balaban J connectivity index is 2.81. The van der Waals surface area contributed by atoms with Crippen LogP contribution in [0.3, 0.4) is 0 Å². The number of rotatable bonds is 5. The molecular formula is C15H16F3N3O. The number of carbonyl (C=O) groups is 1. The standard InChI is InChI=1S/C15H16F3N3O/c1-10(2)8-20-9-11(7-19)14(22)21-13-5-3-4-12(6-13)15(16,17)18/h3-6,9-10,20H,8H2,1-2H3,(H,21,22)/b11-9-. The lowest BCUT2D eigenvalue weighted by molar-refractivity contribution is -0.137. The number of alkyl halides is 3. The summed E-state index contributed by atoms with van der Waals surface area (Å²) in [6.45, 7) is 4.48. The molecule has 0 aliphatic carbocycles. The molecule has 0 radical (unpaired) electrons. The fourth-order valence-electron chi connectivity index (χ4n) is 1.52. The zero-order chi connectivity index (χ0) is 16.8. The lowest BCUT2D eigenvalue weighted by Crippen LogP contribution is -2.19. The third kappa shape index (κ3) is 5.48. The van der Waals surface area contributed by atoms with Crippen LogP contribution in [0.1, 0.15) is 19.4 Å². The highest BCUT2D eigenvalue weighted by Gasteiger charge is 2.30. The number of hydrogen-bond acceptors (Lipinski definition) is 3. The largest absolute Gasteiger partial charge is 0.416 e. The van der Waals surface area contributed by atoms with Crippen molar-refractivity contribution < 1.29 is 18.0 Å². The van der Waals surface area contributed by atoms with E-state index < -0.39 is 17.6 Å². The monoisotopic (exact) mass is 311 g/mol. The van der Waals surface area contributed by atoms with Gasteiger partial charge in [-0.1, -0.05) is 19.9 Å². The van der Waals surface area contributed by atoms with Gasteiger partial charge in [-0.05, 0) is 24.1 Å². The summed E-state index contributed by atoms with van der Waals surface area (Å²) in [6.07, 6.45) is -3.24. The van der Waals surface area contributed by atoms with Gasteiger partial charge in [0.1, 0.15) is 11.6 Å². The maximum atomic E-state index is 12.6. The molecule has 1 amide bonds. The second-order valence-electron chi connectivity index (χ2n) is 5.00. The normalized spacial score (nSPS) is 12.0. The molecule has 1 aromatic carbocycles. The predicted molar refractivity (Wildman–Crippen MR) is 76.6 cm³/mol. The van der Waals surface area contributed by atoms with Crippen molar-refractivity contribution in [1.82, 2.24) is 5.32 Å². The van der Waals surface area contributed by atoms with Gasteiger partial charge in [0.15, 0.2) is 0 Å². The van der Waals surface area contributed by atoms with E-state index in [1.165, 1.54) is 18.3 Å². The van der Waals surface area contributed by atoms with Crippen LogP contribution >= 0.6 is 0 Å². The molecule has 0 saturated carbocycles. The van der Waals surface area contributed by atoms with E-state index in [1.54, 1.807) is 6.07 Å². The summed E-state index contributed by atoms with van der Waals surface area (Å²) in [6, 6.07) is 5.93. The Labute approximate surface area is 126 Å². The number of amides is 1. The molecule has 1 rings (SSSR count). The Morgan fingerprint density at radius 3 is 2.64 bits per heavy atom. The number of nitrogens with zero attached hydrogens (tertiary/aromatic N) is 1. The number of benzene rings is 1. The molecule has 1 aromatic rings. The van der Waals surface area contributed by atoms with E-state index in [4.69, 9.17) is 5.26 Å². The van der Waals surface area contributed by atoms with E-state index in [-0.39, 0.29) is 11.3 Å². The Hall–Kier alpha value is -2.49. The topological polar surface area (TPSA) is 64.9 Å². The number of anilines is 1. The lowest BCUT2D eigenvalue weighted by atomic mass is 10.2. The average Bonchev–Trinajstić information content (AvgIpc) is 2.42. The van der Waals surface area contributed by atoms with Crippen molar-refractivity contribution in [3.63, 3.8) is 0 Å². The first-order valence-corrected chi connectivity index (χ1v) is 6.56. The molecule has 0 unspecified atom stereocenters. The second kappa shape index (κ2) is 7.50. The molecule has 118 valence electrons. The summed E-state index contributed by atoms with van der Waals surface area (Å²) < 4.78 is 37.8. The van der Waals surface area contributed by atoms with Crippen molar-refractivity contribution in [3.05, 3.63) is 41.6 Å². The second-order valence-corrected chi connectivity index (χ2v) is 5.00. The van der Waals surface area contributed by atoms with Crippen LogP contribution in [0.15, 0.2) is 36.0 Å². The maximum absolute atomic E-state index is 12.6. The summed E-state index contributed by atoms with van der Waals surface area (Å²) in [4.78, 5) is 11.9. The molecule has 0 aliphatic heterocycles. The molecule has 0 aliphatic rings. The zero-order valence-electron chi connectivity index (χ0n) is 12.2. The van der Waals surface area contributed by atoms with Gasteiger partial charge in [-0.25, -0.2) is 0 Å². The van der Waals surface area contributed by atoms with Gasteiger partial charge in [-0.2, -0.15) is 18.4 Å². The van der Waals surface area contributed by atoms with E-state index in [2.05, 4.69) is 10.6 Å². The van der Waals surface area contributed by atoms with Gasteiger partial charge in [0.05, 0.1) is 5.56 Å². The van der Waals surface area contributed by atoms with Gasteiger partial charge in [0.2, 0.25) is 0 Å². The number of carbonyl (C=O) groups excluding carboxylic acids is 1. The van der Waals surface area contributed by atoms with E-state index >= 15 is 0 Å². The Morgan fingerprint density at radius 1 is 1.41 bits per heavy atom. The first kappa shape index (κ1) is 17.6. The molecule has 0 fully saturated rings. The van der Waals surface area contributed by atoms with Crippen molar-refractivity contribution in [2.24, 2.45) is 5.92 Å². The molecule has 0 spiro atoms. The van der Waals surface area contributed by atoms with Crippen molar-refractivity contribution in [2.75, 3.05) is 11.9 Å². The highest BCUT2D eigenvalue weighted by molar-refractivity contribution is 6.06. The summed E-state index contributed by atoms with van der Waals surface area (Å²) in [5.41, 5.74) is -1.10. The number of hydrogen-bond donors (Lipinski definition) is 2. The van der Waals surface area contributed by atoms with Crippen LogP contribution in [0.5, 0.6) is 0 Å². The van der Waals surface area contributed by atoms with Crippen LogP contribution in [0.2, 0.25) is 0 Å². The molecular weight excluding hydrogens is 295 g/mol. The minimum absolute atomic E-state index is 0.0233. The SMILES string of the molecule is CC(C)CN/C=C(/C#N)C(=O)Nc1cccc(C(F)(F)F)c1. The van der Waals surface area contributed by atoms with E-state index in [0.717, 1.165) is 12.1 Å². The molecule has 0 heterocycles. The van der Waals surface area contributed by atoms with Gasteiger partial charge in [-0.3, -0.25) is 4.79 Å². The molecule has 0 atom stereocenters. The van der Waals surface area contributed by atoms with Gasteiger partial charge in [0, 0.05) is 18.4 Å². The summed E-state index contributed by atoms with van der Waals surface area (Å²) in [7, 11) is 0. The van der Waals surface area contributed by atoms with Crippen molar-refractivity contribution in [1.29, 1.82) is 5.26 Å². The minimum Gasteiger partial charge on any atom is -0.389 e. The summed E-state index contributed by atoms with van der Waals surface area (Å²) in [5.74, 6) is -0.444. The van der Waals surface area contributed by atoms with Gasteiger partial charge in [0.25, 0.3) is 5.91 Å².